The van der Waals surface area contributed by atoms with Crippen LogP contribution in [0.1, 0.15) is 36.0 Å². The van der Waals surface area contributed by atoms with Crippen molar-refractivity contribution in [1.82, 2.24) is 15.3 Å². The molecule has 0 aliphatic heterocycles. The van der Waals surface area contributed by atoms with Gasteiger partial charge in [0.2, 0.25) is 0 Å². The Morgan fingerprint density at radius 1 is 1.33 bits per heavy atom. The van der Waals surface area contributed by atoms with E-state index >= 15 is 0 Å². The van der Waals surface area contributed by atoms with E-state index in [0.717, 1.165) is 19.3 Å². The van der Waals surface area contributed by atoms with Crippen molar-refractivity contribution >= 4 is 29.2 Å². The fourth-order valence-corrected chi connectivity index (χ4v) is 3.02. The highest BCUT2D eigenvalue weighted by Gasteiger charge is 2.25. The Morgan fingerprint density at radius 3 is 2.86 bits per heavy atom. The van der Waals surface area contributed by atoms with Gasteiger partial charge in [0.05, 0.1) is 28.7 Å². The summed E-state index contributed by atoms with van der Waals surface area (Å²) >= 11 is 4.98. The van der Waals surface area contributed by atoms with Gasteiger partial charge in [-0.3, -0.25) is 4.79 Å². The van der Waals surface area contributed by atoms with Crippen molar-refractivity contribution in [3.63, 3.8) is 0 Å². The number of H-pyrrole nitrogens is 2. The second kappa shape index (κ2) is 5.57. The number of hydrogen-bond donors (Lipinski definition) is 4. The zero-order valence-electron chi connectivity index (χ0n) is 11.3. The van der Waals surface area contributed by atoms with E-state index in [1.807, 2.05) is 0 Å². The van der Waals surface area contributed by atoms with Crippen LogP contribution in [0.15, 0.2) is 12.1 Å². The molecular weight excluding hydrogens is 293 g/mol. The van der Waals surface area contributed by atoms with Crippen LogP contribution in [0.4, 0.5) is 4.39 Å². The van der Waals surface area contributed by atoms with E-state index in [4.69, 9.17) is 12.2 Å². The highest BCUT2D eigenvalue weighted by Crippen LogP contribution is 2.21. The maximum absolute atomic E-state index is 13.6. The van der Waals surface area contributed by atoms with Gasteiger partial charge < -0.3 is 20.4 Å². The van der Waals surface area contributed by atoms with Crippen molar-refractivity contribution in [2.24, 2.45) is 0 Å². The van der Waals surface area contributed by atoms with Crippen LogP contribution in [0, 0.1) is 10.6 Å². The van der Waals surface area contributed by atoms with Crippen molar-refractivity contribution in [2.45, 2.75) is 37.8 Å². The SMILES string of the molecule is O=C(NC1CCCCC1O)c1cc(F)cc2[nH]c(=S)[nH]c12. The van der Waals surface area contributed by atoms with E-state index in [1.165, 1.54) is 12.1 Å². The average Bonchev–Trinajstić information content (AvgIpc) is 2.80. The molecule has 2 aromatic rings. The first kappa shape index (κ1) is 14.2. The number of aliphatic hydroxyl groups excluding tert-OH is 1. The number of imidazole rings is 1. The zero-order chi connectivity index (χ0) is 15.0. The molecule has 4 N–H and O–H groups in total. The van der Waals surface area contributed by atoms with E-state index in [9.17, 15) is 14.3 Å². The maximum Gasteiger partial charge on any atom is 0.253 e. The molecule has 1 amide bonds. The zero-order valence-corrected chi connectivity index (χ0v) is 12.1. The summed E-state index contributed by atoms with van der Waals surface area (Å²) in [6, 6.07) is 2.17. The molecule has 2 atom stereocenters. The molecule has 21 heavy (non-hydrogen) atoms. The molecule has 1 aliphatic rings. The summed E-state index contributed by atoms with van der Waals surface area (Å²) in [7, 11) is 0. The normalized spacial score (nSPS) is 22.4. The van der Waals surface area contributed by atoms with Gasteiger partial charge in [-0.1, -0.05) is 12.8 Å². The number of fused-ring (bicyclic) bond motifs is 1. The molecule has 2 unspecified atom stereocenters. The second-order valence-corrected chi connectivity index (χ2v) is 5.80. The molecule has 1 aromatic carbocycles. The number of aromatic amines is 2. The van der Waals surface area contributed by atoms with Crippen LogP contribution in [-0.4, -0.2) is 33.1 Å². The number of benzene rings is 1. The van der Waals surface area contributed by atoms with Crippen LogP contribution >= 0.6 is 12.2 Å². The Bertz CT molecular complexity index is 739. The number of aromatic nitrogens is 2. The Morgan fingerprint density at radius 2 is 2.10 bits per heavy atom. The van der Waals surface area contributed by atoms with Crippen LogP contribution in [0.5, 0.6) is 0 Å². The number of carbonyl (C=O) groups is 1. The fourth-order valence-electron chi connectivity index (χ4n) is 2.81. The third-order valence-electron chi connectivity index (χ3n) is 3.88. The van der Waals surface area contributed by atoms with Crippen LogP contribution in [0.25, 0.3) is 11.0 Å². The fraction of sp³-hybridized carbons (Fsp3) is 0.429. The highest BCUT2D eigenvalue weighted by molar-refractivity contribution is 7.71. The van der Waals surface area contributed by atoms with Gasteiger partial charge in [0.15, 0.2) is 4.77 Å². The maximum atomic E-state index is 13.6. The molecule has 1 fully saturated rings. The minimum atomic E-state index is -0.545. The number of amides is 1. The lowest BCUT2D eigenvalue weighted by Gasteiger charge is -2.28. The molecule has 1 aliphatic carbocycles. The number of hydrogen-bond acceptors (Lipinski definition) is 3. The van der Waals surface area contributed by atoms with Crippen molar-refractivity contribution in [1.29, 1.82) is 0 Å². The molecule has 5 nitrogen and oxygen atoms in total. The van der Waals surface area contributed by atoms with Crippen LogP contribution in [-0.2, 0) is 0 Å². The first-order chi connectivity index (χ1) is 10.0. The molecule has 1 heterocycles. The molecule has 0 bridgehead atoms. The lowest BCUT2D eigenvalue weighted by molar-refractivity contribution is 0.0718. The van der Waals surface area contributed by atoms with Gasteiger partial charge in [0.25, 0.3) is 5.91 Å². The predicted molar refractivity (Wildman–Crippen MR) is 79.2 cm³/mol. The van der Waals surface area contributed by atoms with Gasteiger partial charge in [-0.05, 0) is 37.2 Å². The number of aliphatic hydroxyl groups is 1. The van der Waals surface area contributed by atoms with E-state index in [2.05, 4.69) is 15.3 Å². The first-order valence-electron chi connectivity index (χ1n) is 6.95. The molecule has 3 rings (SSSR count). The Balaban J connectivity index is 1.92. The van der Waals surface area contributed by atoms with Crippen molar-refractivity contribution in [2.75, 3.05) is 0 Å². The monoisotopic (exact) mass is 309 g/mol. The number of rotatable bonds is 2. The van der Waals surface area contributed by atoms with Crippen LogP contribution < -0.4 is 5.32 Å². The number of halogens is 1. The van der Waals surface area contributed by atoms with Gasteiger partial charge in [-0.25, -0.2) is 4.39 Å². The summed E-state index contributed by atoms with van der Waals surface area (Å²) in [5.74, 6) is -0.919. The minimum Gasteiger partial charge on any atom is -0.391 e. The highest BCUT2D eigenvalue weighted by atomic mass is 32.1. The first-order valence-corrected chi connectivity index (χ1v) is 7.36. The van der Waals surface area contributed by atoms with E-state index in [-0.39, 0.29) is 11.6 Å². The van der Waals surface area contributed by atoms with Gasteiger partial charge in [0, 0.05) is 0 Å². The van der Waals surface area contributed by atoms with E-state index in [0.29, 0.717) is 22.2 Å². The van der Waals surface area contributed by atoms with Crippen LogP contribution in [0.2, 0.25) is 0 Å². The summed E-state index contributed by atoms with van der Waals surface area (Å²) in [6.45, 7) is 0. The largest absolute Gasteiger partial charge is 0.391 e. The van der Waals surface area contributed by atoms with Gasteiger partial charge in [-0.15, -0.1) is 0 Å². The van der Waals surface area contributed by atoms with Gasteiger partial charge in [0.1, 0.15) is 5.82 Å². The molecule has 0 radical (unpaired) electrons. The van der Waals surface area contributed by atoms with Crippen molar-refractivity contribution < 1.29 is 14.3 Å². The smallest absolute Gasteiger partial charge is 0.253 e. The number of carbonyl (C=O) groups excluding carboxylic acids is 1. The van der Waals surface area contributed by atoms with Gasteiger partial charge in [-0.2, -0.15) is 0 Å². The standard InChI is InChI=1S/C14H16FN3O2S/c15-7-5-8(12-10(6-7)17-14(21)18-12)13(20)16-9-3-1-2-4-11(9)19/h5-6,9,11,19H,1-4H2,(H,16,20)(H2,17,18,21). The average molecular weight is 309 g/mol. The molecule has 112 valence electrons. The third-order valence-corrected chi connectivity index (χ3v) is 4.08. The molecule has 0 spiro atoms. The van der Waals surface area contributed by atoms with Crippen molar-refractivity contribution in [3.8, 4) is 0 Å². The number of nitrogens with one attached hydrogen (secondary N) is 3. The third kappa shape index (κ3) is 2.84. The molecule has 1 aromatic heterocycles. The minimum absolute atomic E-state index is 0.190. The summed E-state index contributed by atoms with van der Waals surface area (Å²) in [5, 5.41) is 12.7. The summed E-state index contributed by atoms with van der Waals surface area (Å²) in [6.07, 6.45) is 2.79. The molecular formula is C14H16FN3O2S. The lowest BCUT2D eigenvalue weighted by atomic mass is 9.92. The second-order valence-electron chi connectivity index (χ2n) is 5.39. The predicted octanol–water partition coefficient (Wildman–Crippen LogP) is 2.40. The quantitative estimate of drug-likeness (QED) is 0.643. The molecule has 0 saturated heterocycles. The summed E-state index contributed by atoms with van der Waals surface area (Å²) in [4.78, 5) is 18.0. The Kier molecular flexibility index (Phi) is 3.77. The van der Waals surface area contributed by atoms with Crippen molar-refractivity contribution in [3.05, 3.63) is 28.3 Å². The summed E-state index contributed by atoms with van der Waals surface area (Å²) < 4.78 is 14.0. The molecule has 7 heteroatoms. The topological polar surface area (TPSA) is 80.9 Å². The summed E-state index contributed by atoms with van der Waals surface area (Å²) in [5.41, 5.74) is 1.12. The Hall–Kier alpha value is -1.73. The van der Waals surface area contributed by atoms with Crippen LogP contribution in [0.3, 0.4) is 0 Å². The van der Waals surface area contributed by atoms with E-state index < -0.39 is 17.8 Å². The lowest BCUT2D eigenvalue weighted by Crippen LogP contribution is -2.45. The molecule has 1 saturated carbocycles. The van der Waals surface area contributed by atoms with Gasteiger partial charge >= 0.3 is 0 Å². The Labute approximate surface area is 125 Å². The van der Waals surface area contributed by atoms with E-state index in [1.54, 1.807) is 0 Å².